The Bertz CT molecular complexity index is 942. The lowest BCUT2D eigenvalue weighted by atomic mass is 10.2. The average Bonchev–Trinajstić information content (AvgIpc) is 3.00. The SMILES string of the molecule is Cc1cc(F)ccc1S(=O)(=O)Nc1cccc(-c2nn[nH]n2)c1. The van der Waals surface area contributed by atoms with E-state index in [1.807, 2.05) is 0 Å². The van der Waals surface area contributed by atoms with Crippen LogP contribution in [0.4, 0.5) is 10.1 Å². The molecule has 0 saturated carbocycles. The van der Waals surface area contributed by atoms with E-state index in [1.165, 1.54) is 19.1 Å². The van der Waals surface area contributed by atoms with E-state index in [2.05, 4.69) is 25.3 Å². The maximum absolute atomic E-state index is 13.1. The summed E-state index contributed by atoms with van der Waals surface area (Å²) in [5, 5.41) is 13.5. The van der Waals surface area contributed by atoms with Crippen LogP contribution in [0.2, 0.25) is 0 Å². The predicted molar refractivity (Wildman–Crippen MR) is 81.6 cm³/mol. The summed E-state index contributed by atoms with van der Waals surface area (Å²) in [5.74, 6) is -0.135. The van der Waals surface area contributed by atoms with Crippen molar-refractivity contribution < 1.29 is 12.8 Å². The standard InChI is InChI=1S/C14H12FN5O2S/c1-9-7-11(15)5-6-13(9)23(21,22)18-12-4-2-3-10(8-12)14-16-19-20-17-14/h2-8,18H,1H3,(H,16,17,19,20). The van der Waals surface area contributed by atoms with E-state index < -0.39 is 15.8 Å². The topological polar surface area (TPSA) is 101 Å². The third kappa shape index (κ3) is 3.19. The summed E-state index contributed by atoms with van der Waals surface area (Å²) in [4.78, 5) is 0.0175. The molecule has 0 amide bonds. The molecule has 0 aliphatic carbocycles. The first-order chi connectivity index (χ1) is 11.0. The van der Waals surface area contributed by atoms with Crippen LogP contribution in [0.15, 0.2) is 47.4 Å². The second-order valence-corrected chi connectivity index (χ2v) is 6.48. The van der Waals surface area contributed by atoms with Crippen molar-refractivity contribution in [3.05, 3.63) is 53.8 Å². The molecule has 0 saturated heterocycles. The summed E-state index contributed by atoms with van der Waals surface area (Å²) in [7, 11) is -3.83. The van der Waals surface area contributed by atoms with Gasteiger partial charge in [-0.2, -0.15) is 5.21 Å². The van der Waals surface area contributed by atoms with Crippen molar-refractivity contribution >= 4 is 15.7 Å². The smallest absolute Gasteiger partial charge is 0.262 e. The minimum absolute atomic E-state index is 0.0175. The molecule has 0 bridgehead atoms. The largest absolute Gasteiger partial charge is 0.280 e. The van der Waals surface area contributed by atoms with E-state index in [-0.39, 0.29) is 4.90 Å². The van der Waals surface area contributed by atoms with Crippen molar-refractivity contribution in [1.82, 2.24) is 20.6 Å². The number of rotatable bonds is 4. The van der Waals surface area contributed by atoms with E-state index >= 15 is 0 Å². The zero-order valence-corrected chi connectivity index (χ0v) is 12.8. The molecule has 9 heteroatoms. The van der Waals surface area contributed by atoms with Gasteiger partial charge in [-0.25, -0.2) is 12.8 Å². The number of benzene rings is 2. The maximum Gasteiger partial charge on any atom is 0.262 e. The van der Waals surface area contributed by atoms with Gasteiger partial charge in [-0.1, -0.05) is 12.1 Å². The summed E-state index contributed by atoms with van der Waals surface area (Å²) in [6, 6.07) is 10.1. The fourth-order valence-electron chi connectivity index (χ4n) is 2.13. The van der Waals surface area contributed by atoms with Crippen molar-refractivity contribution in [2.75, 3.05) is 4.72 Å². The van der Waals surface area contributed by atoms with Crippen LogP contribution in [-0.2, 0) is 10.0 Å². The molecular weight excluding hydrogens is 321 g/mol. The molecule has 3 rings (SSSR count). The normalized spacial score (nSPS) is 11.4. The molecule has 0 aliphatic rings. The molecule has 0 aliphatic heterocycles. The highest BCUT2D eigenvalue weighted by molar-refractivity contribution is 7.92. The predicted octanol–water partition coefficient (Wildman–Crippen LogP) is 2.12. The van der Waals surface area contributed by atoms with Gasteiger partial charge < -0.3 is 0 Å². The molecule has 0 spiro atoms. The minimum atomic E-state index is -3.83. The Labute approximate surface area is 131 Å². The van der Waals surface area contributed by atoms with Crippen LogP contribution < -0.4 is 4.72 Å². The number of nitrogens with one attached hydrogen (secondary N) is 2. The van der Waals surface area contributed by atoms with Gasteiger partial charge >= 0.3 is 0 Å². The van der Waals surface area contributed by atoms with Crippen molar-refractivity contribution in [3.8, 4) is 11.4 Å². The van der Waals surface area contributed by atoms with Gasteiger partial charge in [0.1, 0.15) is 5.82 Å². The molecule has 0 atom stereocenters. The van der Waals surface area contributed by atoms with Gasteiger partial charge in [-0.3, -0.25) is 4.72 Å². The zero-order valence-electron chi connectivity index (χ0n) is 12.0. The molecule has 1 heterocycles. The molecule has 118 valence electrons. The third-order valence-corrected chi connectivity index (χ3v) is 4.69. The number of hydrogen-bond donors (Lipinski definition) is 2. The van der Waals surface area contributed by atoms with Crippen LogP contribution in [-0.4, -0.2) is 29.0 Å². The molecule has 7 nitrogen and oxygen atoms in total. The van der Waals surface area contributed by atoms with Crippen LogP contribution >= 0.6 is 0 Å². The highest BCUT2D eigenvalue weighted by Gasteiger charge is 2.17. The summed E-state index contributed by atoms with van der Waals surface area (Å²) >= 11 is 0. The van der Waals surface area contributed by atoms with Gasteiger partial charge in [-0.05, 0) is 48.0 Å². The molecule has 1 aromatic heterocycles. The minimum Gasteiger partial charge on any atom is -0.280 e. The van der Waals surface area contributed by atoms with Crippen LogP contribution in [0.3, 0.4) is 0 Å². The number of aryl methyl sites for hydroxylation is 1. The summed E-state index contributed by atoms with van der Waals surface area (Å²) < 4.78 is 40.5. The molecule has 2 aromatic carbocycles. The lowest BCUT2D eigenvalue weighted by Gasteiger charge is -2.11. The number of tetrazole rings is 1. The lowest BCUT2D eigenvalue weighted by Crippen LogP contribution is -2.14. The Morgan fingerprint density at radius 3 is 2.70 bits per heavy atom. The number of hydrogen-bond acceptors (Lipinski definition) is 5. The van der Waals surface area contributed by atoms with Crippen molar-refractivity contribution in [2.24, 2.45) is 0 Å². The highest BCUT2D eigenvalue weighted by atomic mass is 32.2. The number of aromatic nitrogens is 4. The summed E-state index contributed by atoms with van der Waals surface area (Å²) in [6.07, 6.45) is 0. The highest BCUT2D eigenvalue weighted by Crippen LogP contribution is 2.23. The van der Waals surface area contributed by atoms with Gasteiger partial charge in [-0.15, -0.1) is 10.2 Å². The van der Waals surface area contributed by atoms with Gasteiger partial charge in [0.05, 0.1) is 4.90 Å². The Morgan fingerprint density at radius 2 is 2.00 bits per heavy atom. The number of H-pyrrole nitrogens is 1. The first-order valence-electron chi connectivity index (χ1n) is 6.58. The quantitative estimate of drug-likeness (QED) is 0.761. The van der Waals surface area contributed by atoms with Crippen LogP contribution in [0.25, 0.3) is 11.4 Å². The van der Waals surface area contributed by atoms with E-state index in [0.717, 1.165) is 6.07 Å². The molecule has 0 unspecified atom stereocenters. The molecule has 3 aromatic rings. The molecule has 23 heavy (non-hydrogen) atoms. The maximum atomic E-state index is 13.1. The first-order valence-corrected chi connectivity index (χ1v) is 8.07. The van der Waals surface area contributed by atoms with Crippen molar-refractivity contribution in [3.63, 3.8) is 0 Å². The molecule has 0 radical (unpaired) electrons. The van der Waals surface area contributed by atoms with Gasteiger partial charge in [0.15, 0.2) is 0 Å². The van der Waals surface area contributed by atoms with Crippen LogP contribution in [0, 0.1) is 12.7 Å². The number of aromatic amines is 1. The lowest BCUT2D eigenvalue weighted by molar-refractivity contribution is 0.598. The number of halogens is 1. The van der Waals surface area contributed by atoms with Gasteiger partial charge in [0.2, 0.25) is 5.82 Å². The monoisotopic (exact) mass is 333 g/mol. The molecule has 2 N–H and O–H groups in total. The van der Waals surface area contributed by atoms with Crippen molar-refractivity contribution in [2.45, 2.75) is 11.8 Å². The third-order valence-electron chi connectivity index (χ3n) is 3.14. The first kappa shape index (κ1) is 15.1. The Hall–Kier alpha value is -2.81. The summed E-state index contributed by atoms with van der Waals surface area (Å²) in [6.45, 7) is 1.54. The van der Waals surface area contributed by atoms with Crippen LogP contribution in [0.5, 0.6) is 0 Å². The van der Waals surface area contributed by atoms with E-state index in [1.54, 1.807) is 24.3 Å². The Kier molecular flexibility index (Phi) is 3.78. The second-order valence-electron chi connectivity index (χ2n) is 4.83. The second kappa shape index (κ2) is 5.76. The van der Waals surface area contributed by atoms with Gasteiger partial charge in [0, 0.05) is 11.3 Å². The van der Waals surface area contributed by atoms with Crippen LogP contribution in [0.1, 0.15) is 5.56 Å². The number of sulfonamides is 1. The average molecular weight is 333 g/mol. The van der Waals surface area contributed by atoms with E-state index in [4.69, 9.17) is 0 Å². The number of anilines is 1. The van der Waals surface area contributed by atoms with Crippen molar-refractivity contribution in [1.29, 1.82) is 0 Å². The fraction of sp³-hybridized carbons (Fsp3) is 0.0714. The summed E-state index contributed by atoms with van der Waals surface area (Å²) in [5.41, 5.74) is 1.28. The zero-order chi connectivity index (χ0) is 16.4. The molecular formula is C14H12FN5O2S. The Balaban J connectivity index is 1.93. The van der Waals surface area contributed by atoms with E-state index in [0.29, 0.717) is 22.6 Å². The van der Waals surface area contributed by atoms with Gasteiger partial charge in [0.25, 0.3) is 10.0 Å². The number of nitrogens with zero attached hydrogens (tertiary/aromatic N) is 3. The van der Waals surface area contributed by atoms with E-state index in [9.17, 15) is 12.8 Å². The Morgan fingerprint density at radius 1 is 1.17 bits per heavy atom. The fourth-order valence-corrected chi connectivity index (χ4v) is 3.41. The molecule has 0 fully saturated rings.